The summed E-state index contributed by atoms with van der Waals surface area (Å²) in [5.74, 6) is 1.61. The molecule has 0 aliphatic heterocycles. The zero-order chi connectivity index (χ0) is 11.9. The second-order valence-corrected chi connectivity index (χ2v) is 5.83. The summed E-state index contributed by atoms with van der Waals surface area (Å²) in [7, 11) is 1.73. The van der Waals surface area contributed by atoms with Gasteiger partial charge in [0, 0.05) is 7.11 Å². The molecule has 0 bridgehead atoms. The smallest absolute Gasteiger partial charge is 0.146 e. The SMILES string of the molecule is COCOC(C1CCCCC1)C1CCCCC1. The number of methoxy groups -OCH3 is 1. The van der Waals surface area contributed by atoms with Crippen molar-refractivity contribution in [1.29, 1.82) is 0 Å². The highest BCUT2D eigenvalue weighted by atomic mass is 16.7. The number of hydrogen-bond donors (Lipinski definition) is 0. The minimum absolute atomic E-state index is 0.482. The Bertz CT molecular complexity index is 175. The molecule has 0 aromatic heterocycles. The van der Waals surface area contributed by atoms with E-state index in [4.69, 9.17) is 9.47 Å². The highest BCUT2D eigenvalue weighted by Crippen LogP contribution is 2.37. The predicted octanol–water partition coefficient (Wildman–Crippen LogP) is 4.14. The molecule has 0 aromatic rings. The molecule has 0 unspecified atom stereocenters. The van der Waals surface area contributed by atoms with E-state index in [9.17, 15) is 0 Å². The normalized spacial score (nSPS) is 24.4. The third-order valence-corrected chi connectivity index (χ3v) is 4.61. The lowest BCUT2D eigenvalue weighted by molar-refractivity contribution is -0.122. The van der Waals surface area contributed by atoms with Gasteiger partial charge in [-0.25, -0.2) is 0 Å². The van der Waals surface area contributed by atoms with Crippen LogP contribution in [0.1, 0.15) is 64.2 Å². The third kappa shape index (κ3) is 3.96. The van der Waals surface area contributed by atoms with Gasteiger partial charge in [0.15, 0.2) is 0 Å². The van der Waals surface area contributed by atoms with Gasteiger partial charge in [0.25, 0.3) is 0 Å². The number of hydrogen-bond acceptors (Lipinski definition) is 2. The molecule has 0 amide bonds. The maximum Gasteiger partial charge on any atom is 0.146 e. The Labute approximate surface area is 106 Å². The molecule has 2 rings (SSSR count). The first-order valence-corrected chi connectivity index (χ1v) is 7.52. The van der Waals surface area contributed by atoms with Gasteiger partial charge in [-0.1, -0.05) is 38.5 Å². The molecule has 2 aliphatic rings. The van der Waals surface area contributed by atoms with Gasteiger partial charge in [-0.15, -0.1) is 0 Å². The topological polar surface area (TPSA) is 18.5 Å². The summed E-state index contributed by atoms with van der Waals surface area (Å²) in [5.41, 5.74) is 0. The van der Waals surface area contributed by atoms with E-state index in [0.29, 0.717) is 12.9 Å². The van der Waals surface area contributed by atoms with Gasteiger partial charge in [0.2, 0.25) is 0 Å². The Hall–Kier alpha value is -0.0800. The van der Waals surface area contributed by atoms with Crippen LogP contribution in [0.2, 0.25) is 0 Å². The minimum atomic E-state index is 0.482. The first-order valence-electron chi connectivity index (χ1n) is 7.52. The van der Waals surface area contributed by atoms with Crippen molar-refractivity contribution in [1.82, 2.24) is 0 Å². The lowest BCUT2D eigenvalue weighted by Crippen LogP contribution is -2.35. The molecule has 17 heavy (non-hydrogen) atoms. The van der Waals surface area contributed by atoms with Crippen LogP contribution in [0.4, 0.5) is 0 Å². The van der Waals surface area contributed by atoms with Gasteiger partial charge in [0.05, 0.1) is 6.10 Å². The van der Waals surface area contributed by atoms with E-state index in [-0.39, 0.29) is 0 Å². The van der Waals surface area contributed by atoms with Gasteiger partial charge < -0.3 is 9.47 Å². The van der Waals surface area contributed by atoms with E-state index in [0.717, 1.165) is 11.8 Å². The van der Waals surface area contributed by atoms with E-state index >= 15 is 0 Å². The summed E-state index contributed by atoms with van der Waals surface area (Å²) < 4.78 is 11.2. The van der Waals surface area contributed by atoms with E-state index in [1.807, 2.05) is 0 Å². The fourth-order valence-electron chi connectivity index (χ4n) is 3.73. The van der Waals surface area contributed by atoms with Gasteiger partial charge >= 0.3 is 0 Å². The van der Waals surface area contributed by atoms with Crippen LogP contribution in [0.25, 0.3) is 0 Å². The van der Waals surface area contributed by atoms with Crippen LogP contribution in [0, 0.1) is 11.8 Å². The highest BCUT2D eigenvalue weighted by Gasteiger charge is 2.32. The Morgan fingerprint density at radius 3 is 1.71 bits per heavy atom. The van der Waals surface area contributed by atoms with Crippen molar-refractivity contribution < 1.29 is 9.47 Å². The van der Waals surface area contributed by atoms with Gasteiger partial charge in [-0.3, -0.25) is 0 Å². The molecule has 2 nitrogen and oxygen atoms in total. The Morgan fingerprint density at radius 2 is 1.29 bits per heavy atom. The molecule has 0 N–H and O–H groups in total. The molecule has 0 saturated heterocycles. The molecular formula is C15H28O2. The first kappa shape index (κ1) is 13.4. The monoisotopic (exact) mass is 240 g/mol. The molecular weight excluding hydrogens is 212 g/mol. The summed E-state index contributed by atoms with van der Waals surface area (Å²) in [6.45, 7) is 0.484. The maximum atomic E-state index is 6.05. The fraction of sp³-hybridized carbons (Fsp3) is 1.00. The van der Waals surface area contributed by atoms with Crippen molar-refractivity contribution in [3.05, 3.63) is 0 Å². The van der Waals surface area contributed by atoms with Gasteiger partial charge in [-0.05, 0) is 37.5 Å². The lowest BCUT2D eigenvalue weighted by Gasteiger charge is -2.37. The molecule has 2 aliphatic carbocycles. The van der Waals surface area contributed by atoms with Crippen LogP contribution in [-0.4, -0.2) is 20.0 Å². The molecule has 0 spiro atoms. The van der Waals surface area contributed by atoms with Crippen LogP contribution in [0.3, 0.4) is 0 Å². The van der Waals surface area contributed by atoms with E-state index in [2.05, 4.69) is 0 Å². The fourth-order valence-corrected chi connectivity index (χ4v) is 3.73. The zero-order valence-corrected chi connectivity index (χ0v) is 11.3. The van der Waals surface area contributed by atoms with Crippen molar-refractivity contribution in [2.24, 2.45) is 11.8 Å². The average molecular weight is 240 g/mol. The largest absolute Gasteiger partial charge is 0.359 e. The Morgan fingerprint density at radius 1 is 0.824 bits per heavy atom. The molecule has 0 heterocycles. The summed E-state index contributed by atoms with van der Waals surface area (Å²) in [4.78, 5) is 0. The molecule has 0 aromatic carbocycles. The van der Waals surface area contributed by atoms with E-state index in [1.165, 1.54) is 64.2 Å². The molecule has 0 radical (unpaired) electrons. The second-order valence-electron chi connectivity index (χ2n) is 5.83. The van der Waals surface area contributed by atoms with Crippen molar-refractivity contribution in [3.8, 4) is 0 Å². The summed E-state index contributed by atoms with van der Waals surface area (Å²) in [6, 6.07) is 0. The summed E-state index contributed by atoms with van der Waals surface area (Å²) in [6.07, 6.45) is 14.5. The quantitative estimate of drug-likeness (QED) is 0.672. The molecule has 100 valence electrons. The minimum Gasteiger partial charge on any atom is -0.359 e. The Balaban J connectivity index is 1.90. The van der Waals surface area contributed by atoms with Crippen LogP contribution >= 0.6 is 0 Å². The van der Waals surface area contributed by atoms with Gasteiger partial charge in [-0.2, -0.15) is 0 Å². The van der Waals surface area contributed by atoms with E-state index in [1.54, 1.807) is 7.11 Å². The third-order valence-electron chi connectivity index (χ3n) is 4.61. The molecule has 2 saturated carbocycles. The van der Waals surface area contributed by atoms with Crippen LogP contribution in [-0.2, 0) is 9.47 Å². The maximum absolute atomic E-state index is 6.05. The van der Waals surface area contributed by atoms with Crippen molar-refractivity contribution in [3.63, 3.8) is 0 Å². The second kappa shape index (κ2) is 7.38. The predicted molar refractivity (Wildman–Crippen MR) is 69.9 cm³/mol. The van der Waals surface area contributed by atoms with Gasteiger partial charge in [0.1, 0.15) is 6.79 Å². The first-order chi connectivity index (χ1) is 8.42. The van der Waals surface area contributed by atoms with Crippen LogP contribution in [0.5, 0.6) is 0 Å². The number of ether oxygens (including phenoxy) is 2. The molecule has 2 fully saturated rings. The van der Waals surface area contributed by atoms with Crippen molar-refractivity contribution in [2.75, 3.05) is 13.9 Å². The van der Waals surface area contributed by atoms with Crippen LogP contribution in [0.15, 0.2) is 0 Å². The van der Waals surface area contributed by atoms with E-state index < -0.39 is 0 Å². The Kier molecular flexibility index (Phi) is 5.79. The molecule has 0 atom stereocenters. The lowest BCUT2D eigenvalue weighted by atomic mass is 9.75. The zero-order valence-electron chi connectivity index (χ0n) is 11.3. The van der Waals surface area contributed by atoms with Crippen molar-refractivity contribution in [2.45, 2.75) is 70.3 Å². The summed E-state index contributed by atoms with van der Waals surface area (Å²) in [5, 5.41) is 0. The standard InChI is InChI=1S/C15H28O2/c1-16-12-17-15(13-8-4-2-5-9-13)14-10-6-3-7-11-14/h13-15H,2-12H2,1H3. The summed E-state index contributed by atoms with van der Waals surface area (Å²) >= 11 is 0. The number of rotatable bonds is 5. The molecule has 2 heteroatoms. The highest BCUT2D eigenvalue weighted by molar-refractivity contribution is 4.82. The van der Waals surface area contributed by atoms with Crippen molar-refractivity contribution >= 4 is 0 Å². The van der Waals surface area contributed by atoms with Crippen LogP contribution < -0.4 is 0 Å². The average Bonchev–Trinajstić information content (AvgIpc) is 2.42.